The second-order valence-corrected chi connectivity index (χ2v) is 1.90. The molecule has 0 atom stereocenters. The number of ether oxygens (including phenoxy) is 1. The van der Waals surface area contributed by atoms with E-state index in [2.05, 4.69) is 18.8 Å². The molecule has 2 heteroatoms. The lowest BCUT2D eigenvalue weighted by molar-refractivity contribution is 0.216. The third-order valence-corrected chi connectivity index (χ3v) is 0.877. The highest BCUT2D eigenvalue weighted by molar-refractivity contribution is 4.73. The summed E-state index contributed by atoms with van der Waals surface area (Å²) in [4.78, 5) is 0. The lowest BCUT2D eigenvalue weighted by Crippen LogP contribution is -2.18. The molecule has 0 aliphatic heterocycles. The Morgan fingerprint density at radius 2 is 2.33 bits per heavy atom. The Morgan fingerprint density at radius 1 is 1.67 bits per heavy atom. The largest absolute Gasteiger partial charge is 0.498 e. The maximum absolute atomic E-state index is 5.09. The van der Waals surface area contributed by atoms with Crippen molar-refractivity contribution in [2.75, 3.05) is 19.7 Å². The van der Waals surface area contributed by atoms with E-state index in [9.17, 15) is 0 Å². The van der Waals surface area contributed by atoms with Gasteiger partial charge in [0.15, 0.2) is 0 Å². The van der Waals surface area contributed by atoms with E-state index in [1.165, 1.54) is 0 Å². The molecule has 0 bridgehead atoms. The molecule has 0 saturated carbocycles. The zero-order valence-corrected chi connectivity index (χ0v) is 6.24. The molecule has 9 heavy (non-hydrogen) atoms. The number of rotatable bonds is 5. The van der Waals surface area contributed by atoms with Crippen LogP contribution in [0.15, 0.2) is 12.3 Å². The highest BCUT2D eigenvalue weighted by Gasteiger charge is 1.83. The van der Waals surface area contributed by atoms with Gasteiger partial charge in [0, 0.05) is 6.54 Å². The van der Waals surface area contributed by atoms with Crippen LogP contribution in [0.3, 0.4) is 0 Å². The van der Waals surface area contributed by atoms with Gasteiger partial charge in [-0.25, -0.2) is 0 Å². The maximum atomic E-state index is 5.09. The standard InChI is InChI=1S/C7H15NO/c1-4-8-5-6-9-7(2)3/h8H,2,4-6H2,1,3H3. The Hall–Kier alpha value is -0.500. The minimum absolute atomic E-state index is 0.725. The molecule has 0 aromatic carbocycles. The summed E-state index contributed by atoms with van der Waals surface area (Å²) in [6, 6.07) is 0. The van der Waals surface area contributed by atoms with Gasteiger partial charge >= 0.3 is 0 Å². The average Bonchev–Trinajstić information content (AvgIpc) is 1.80. The fraction of sp³-hybridized carbons (Fsp3) is 0.714. The average molecular weight is 129 g/mol. The molecule has 0 radical (unpaired) electrons. The van der Waals surface area contributed by atoms with Crippen LogP contribution in [0.5, 0.6) is 0 Å². The Morgan fingerprint density at radius 3 is 2.78 bits per heavy atom. The van der Waals surface area contributed by atoms with E-state index >= 15 is 0 Å². The van der Waals surface area contributed by atoms with Gasteiger partial charge in [0.25, 0.3) is 0 Å². The Bertz CT molecular complexity index is 81.0. The predicted octanol–water partition coefficient (Wildman–Crippen LogP) is 1.15. The first kappa shape index (κ1) is 8.50. The van der Waals surface area contributed by atoms with Crippen molar-refractivity contribution in [3.63, 3.8) is 0 Å². The summed E-state index contributed by atoms with van der Waals surface area (Å²) < 4.78 is 5.09. The van der Waals surface area contributed by atoms with Gasteiger partial charge in [-0.1, -0.05) is 13.5 Å². The van der Waals surface area contributed by atoms with Crippen molar-refractivity contribution in [3.8, 4) is 0 Å². The zero-order chi connectivity index (χ0) is 7.11. The molecule has 1 N–H and O–H groups in total. The van der Waals surface area contributed by atoms with E-state index in [0.29, 0.717) is 0 Å². The number of hydrogen-bond acceptors (Lipinski definition) is 2. The summed E-state index contributed by atoms with van der Waals surface area (Å²) >= 11 is 0. The minimum Gasteiger partial charge on any atom is -0.498 e. The molecule has 0 fully saturated rings. The van der Waals surface area contributed by atoms with Gasteiger partial charge in [0.05, 0.1) is 5.76 Å². The number of nitrogens with one attached hydrogen (secondary N) is 1. The van der Waals surface area contributed by atoms with Crippen molar-refractivity contribution in [1.82, 2.24) is 5.32 Å². The SMILES string of the molecule is C=C(C)OCCNCC. The molecular formula is C7H15NO. The molecule has 0 aliphatic carbocycles. The van der Waals surface area contributed by atoms with Crippen molar-refractivity contribution in [2.45, 2.75) is 13.8 Å². The van der Waals surface area contributed by atoms with Gasteiger partial charge in [-0.2, -0.15) is 0 Å². The molecule has 0 aliphatic rings. The van der Waals surface area contributed by atoms with Crippen LogP contribution in [0.2, 0.25) is 0 Å². The van der Waals surface area contributed by atoms with Crippen LogP contribution >= 0.6 is 0 Å². The van der Waals surface area contributed by atoms with Gasteiger partial charge in [0.2, 0.25) is 0 Å². The third kappa shape index (κ3) is 7.50. The molecule has 0 heterocycles. The molecule has 0 aromatic heterocycles. The first-order valence-corrected chi connectivity index (χ1v) is 3.26. The van der Waals surface area contributed by atoms with Crippen LogP contribution in [0.25, 0.3) is 0 Å². The molecule has 54 valence electrons. The quantitative estimate of drug-likeness (QED) is 0.444. The van der Waals surface area contributed by atoms with Crippen LogP contribution < -0.4 is 5.32 Å². The summed E-state index contributed by atoms with van der Waals surface area (Å²) in [6.45, 7) is 10.2. The fourth-order valence-corrected chi connectivity index (χ4v) is 0.474. The summed E-state index contributed by atoms with van der Waals surface area (Å²) in [7, 11) is 0. The first-order valence-electron chi connectivity index (χ1n) is 3.26. The monoisotopic (exact) mass is 129 g/mol. The van der Waals surface area contributed by atoms with Crippen molar-refractivity contribution in [2.24, 2.45) is 0 Å². The minimum atomic E-state index is 0.725. The van der Waals surface area contributed by atoms with Crippen LogP contribution in [0, 0.1) is 0 Å². The molecule has 0 saturated heterocycles. The number of likely N-dealkylation sites (N-methyl/N-ethyl adjacent to an activating group) is 1. The van der Waals surface area contributed by atoms with Crippen LogP contribution in [-0.4, -0.2) is 19.7 Å². The van der Waals surface area contributed by atoms with E-state index in [0.717, 1.165) is 25.5 Å². The molecule has 0 unspecified atom stereocenters. The summed E-state index contributed by atoms with van der Waals surface area (Å²) in [5.41, 5.74) is 0. The maximum Gasteiger partial charge on any atom is 0.100 e. The lowest BCUT2D eigenvalue weighted by atomic mass is 10.6. The van der Waals surface area contributed by atoms with E-state index in [-0.39, 0.29) is 0 Å². The zero-order valence-electron chi connectivity index (χ0n) is 6.24. The van der Waals surface area contributed by atoms with Gasteiger partial charge in [-0.15, -0.1) is 0 Å². The molecule has 0 aromatic rings. The first-order chi connectivity index (χ1) is 4.27. The van der Waals surface area contributed by atoms with Gasteiger partial charge in [-0.05, 0) is 13.5 Å². The highest BCUT2D eigenvalue weighted by Crippen LogP contribution is 1.86. The third-order valence-electron chi connectivity index (χ3n) is 0.877. The van der Waals surface area contributed by atoms with Crippen molar-refractivity contribution < 1.29 is 4.74 Å². The van der Waals surface area contributed by atoms with E-state index in [1.807, 2.05) is 6.92 Å². The van der Waals surface area contributed by atoms with E-state index in [1.54, 1.807) is 0 Å². The topological polar surface area (TPSA) is 21.3 Å². The highest BCUT2D eigenvalue weighted by atomic mass is 16.5. The fourth-order valence-electron chi connectivity index (χ4n) is 0.474. The molecule has 2 nitrogen and oxygen atoms in total. The van der Waals surface area contributed by atoms with E-state index in [4.69, 9.17) is 4.74 Å². The van der Waals surface area contributed by atoms with Crippen molar-refractivity contribution in [1.29, 1.82) is 0 Å². The molecule has 0 rings (SSSR count). The Kier molecular flexibility index (Phi) is 5.32. The summed E-state index contributed by atoms with van der Waals surface area (Å²) in [6.07, 6.45) is 0. The second kappa shape index (κ2) is 5.63. The predicted molar refractivity (Wildman–Crippen MR) is 39.3 cm³/mol. The van der Waals surface area contributed by atoms with Crippen LogP contribution in [0.1, 0.15) is 13.8 Å². The van der Waals surface area contributed by atoms with Gasteiger partial charge < -0.3 is 10.1 Å². The number of allylic oxidation sites excluding steroid dienone is 1. The van der Waals surface area contributed by atoms with Crippen molar-refractivity contribution in [3.05, 3.63) is 12.3 Å². The van der Waals surface area contributed by atoms with Crippen LogP contribution in [-0.2, 0) is 4.74 Å². The van der Waals surface area contributed by atoms with E-state index < -0.39 is 0 Å². The molecule has 0 amide bonds. The molecule has 0 spiro atoms. The molecular weight excluding hydrogens is 114 g/mol. The second-order valence-electron chi connectivity index (χ2n) is 1.90. The van der Waals surface area contributed by atoms with Crippen LogP contribution in [0.4, 0.5) is 0 Å². The Labute approximate surface area is 56.9 Å². The number of hydrogen-bond donors (Lipinski definition) is 1. The van der Waals surface area contributed by atoms with Gasteiger partial charge in [-0.3, -0.25) is 0 Å². The summed E-state index contributed by atoms with van der Waals surface area (Å²) in [5, 5.41) is 3.14. The van der Waals surface area contributed by atoms with Gasteiger partial charge in [0.1, 0.15) is 6.61 Å². The Balaban J connectivity index is 2.83. The summed E-state index contributed by atoms with van der Waals surface area (Å²) in [5.74, 6) is 0.785. The normalized spacial score (nSPS) is 9.11. The smallest absolute Gasteiger partial charge is 0.100 e. The van der Waals surface area contributed by atoms with Crippen molar-refractivity contribution >= 4 is 0 Å². The lowest BCUT2D eigenvalue weighted by Gasteiger charge is -2.03.